The molecule has 1 saturated heterocycles. The molecular weight excluding hydrogens is 252 g/mol. The van der Waals surface area contributed by atoms with Crippen molar-refractivity contribution in [2.75, 3.05) is 26.7 Å². The van der Waals surface area contributed by atoms with Crippen LogP contribution in [0.15, 0.2) is 0 Å². The number of hydrogen-bond donors (Lipinski definition) is 1. The highest BCUT2D eigenvalue weighted by Gasteiger charge is 2.35. The van der Waals surface area contributed by atoms with E-state index >= 15 is 0 Å². The van der Waals surface area contributed by atoms with Crippen LogP contribution in [0.5, 0.6) is 0 Å². The average Bonchev–Trinajstić information content (AvgIpc) is 2.95. The number of carbonyl (C=O) groups excluding carboxylic acids is 1. The van der Waals surface area contributed by atoms with E-state index in [1.165, 1.54) is 45.8 Å². The highest BCUT2D eigenvalue weighted by molar-refractivity contribution is 5.75. The van der Waals surface area contributed by atoms with Crippen molar-refractivity contribution < 1.29 is 9.53 Å². The highest BCUT2D eigenvalue weighted by Crippen LogP contribution is 2.36. The van der Waals surface area contributed by atoms with Crippen LogP contribution >= 0.6 is 0 Å². The zero-order valence-corrected chi connectivity index (χ0v) is 13.1. The van der Waals surface area contributed by atoms with E-state index in [1.807, 2.05) is 0 Å². The van der Waals surface area contributed by atoms with Gasteiger partial charge in [-0.2, -0.15) is 0 Å². The lowest BCUT2D eigenvalue weighted by atomic mass is 9.91. The lowest BCUT2D eigenvalue weighted by Crippen LogP contribution is -2.46. The molecule has 3 atom stereocenters. The Hall–Kier alpha value is -0.610. The molecule has 2 rings (SSSR count). The molecule has 0 bridgehead atoms. The molecule has 20 heavy (non-hydrogen) atoms. The van der Waals surface area contributed by atoms with Crippen molar-refractivity contribution in [3.8, 4) is 0 Å². The molecule has 0 aromatic heterocycles. The maximum Gasteiger partial charge on any atom is 0.322 e. The molecule has 1 aliphatic carbocycles. The smallest absolute Gasteiger partial charge is 0.322 e. The molecule has 1 N–H and O–H groups in total. The summed E-state index contributed by atoms with van der Waals surface area (Å²) in [6, 6.07) is 0.648. The standard InChI is InChI=1S/C16H30N2O2/c1-3-10-17-14(16(19)20-2)9-12-18-11-5-7-13-6-4-8-15(13)18/h13-15,17H,3-12H2,1-2H3. The molecule has 0 aromatic rings. The Labute approximate surface area is 123 Å². The number of fused-ring (bicyclic) bond motifs is 1. The first-order chi connectivity index (χ1) is 9.76. The van der Waals surface area contributed by atoms with Gasteiger partial charge in [-0.05, 0) is 57.5 Å². The van der Waals surface area contributed by atoms with Gasteiger partial charge < -0.3 is 15.0 Å². The number of carbonyl (C=O) groups is 1. The fraction of sp³-hybridized carbons (Fsp3) is 0.938. The Bertz CT molecular complexity index is 309. The Kier molecular flexibility index (Phi) is 6.30. The fourth-order valence-electron chi connectivity index (χ4n) is 3.89. The van der Waals surface area contributed by atoms with Crippen molar-refractivity contribution in [2.24, 2.45) is 5.92 Å². The SMILES string of the molecule is CCCNC(CCN1CCCC2CCCC21)C(=O)OC. The van der Waals surface area contributed by atoms with Gasteiger partial charge >= 0.3 is 5.97 Å². The number of esters is 1. The van der Waals surface area contributed by atoms with Gasteiger partial charge in [-0.1, -0.05) is 13.3 Å². The fourth-order valence-corrected chi connectivity index (χ4v) is 3.89. The zero-order chi connectivity index (χ0) is 14.4. The van der Waals surface area contributed by atoms with Crippen molar-refractivity contribution in [1.82, 2.24) is 10.2 Å². The van der Waals surface area contributed by atoms with Gasteiger partial charge in [-0.3, -0.25) is 4.79 Å². The Balaban J connectivity index is 1.82. The lowest BCUT2D eigenvalue weighted by molar-refractivity contribution is -0.143. The van der Waals surface area contributed by atoms with E-state index in [2.05, 4.69) is 17.1 Å². The molecule has 4 heteroatoms. The highest BCUT2D eigenvalue weighted by atomic mass is 16.5. The molecule has 1 heterocycles. The molecule has 1 saturated carbocycles. The minimum Gasteiger partial charge on any atom is -0.468 e. The number of hydrogen-bond acceptors (Lipinski definition) is 4. The van der Waals surface area contributed by atoms with Crippen molar-refractivity contribution in [1.29, 1.82) is 0 Å². The molecule has 116 valence electrons. The number of piperidine rings is 1. The summed E-state index contributed by atoms with van der Waals surface area (Å²) in [6.45, 7) is 5.24. The first-order valence-electron chi connectivity index (χ1n) is 8.31. The second kappa shape index (κ2) is 7.99. The van der Waals surface area contributed by atoms with E-state index in [-0.39, 0.29) is 12.0 Å². The monoisotopic (exact) mass is 282 g/mol. The molecule has 0 radical (unpaired) electrons. The first kappa shape index (κ1) is 15.8. The average molecular weight is 282 g/mol. The van der Waals surface area contributed by atoms with Gasteiger partial charge in [0.2, 0.25) is 0 Å². The number of rotatable bonds is 7. The van der Waals surface area contributed by atoms with E-state index < -0.39 is 0 Å². The topological polar surface area (TPSA) is 41.6 Å². The Morgan fingerprint density at radius 2 is 2.15 bits per heavy atom. The summed E-state index contributed by atoms with van der Waals surface area (Å²) in [6.07, 6.45) is 8.81. The van der Waals surface area contributed by atoms with E-state index in [0.717, 1.165) is 37.9 Å². The minimum absolute atomic E-state index is 0.113. The van der Waals surface area contributed by atoms with Crippen LogP contribution in [-0.4, -0.2) is 49.7 Å². The third-order valence-corrected chi connectivity index (χ3v) is 4.94. The second-order valence-electron chi connectivity index (χ2n) is 6.26. The zero-order valence-electron chi connectivity index (χ0n) is 13.1. The van der Waals surface area contributed by atoms with E-state index in [4.69, 9.17) is 4.74 Å². The second-order valence-corrected chi connectivity index (χ2v) is 6.26. The maximum atomic E-state index is 11.8. The largest absolute Gasteiger partial charge is 0.468 e. The van der Waals surface area contributed by atoms with Crippen LogP contribution in [-0.2, 0) is 9.53 Å². The maximum absolute atomic E-state index is 11.8. The molecular formula is C16H30N2O2. The number of nitrogens with zero attached hydrogens (tertiary/aromatic N) is 1. The van der Waals surface area contributed by atoms with E-state index in [1.54, 1.807) is 0 Å². The van der Waals surface area contributed by atoms with Crippen LogP contribution in [0.1, 0.15) is 51.9 Å². The van der Waals surface area contributed by atoms with Gasteiger partial charge in [-0.15, -0.1) is 0 Å². The third kappa shape index (κ3) is 3.95. The predicted octanol–water partition coefficient (Wildman–Crippen LogP) is 2.18. The van der Waals surface area contributed by atoms with Gasteiger partial charge in [0.05, 0.1) is 7.11 Å². The summed E-state index contributed by atoms with van der Waals surface area (Å²) in [5.74, 6) is 0.808. The summed E-state index contributed by atoms with van der Waals surface area (Å²) in [5, 5.41) is 3.32. The summed E-state index contributed by atoms with van der Waals surface area (Å²) < 4.78 is 4.92. The van der Waals surface area contributed by atoms with Gasteiger partial charge in [-0.25, -0.2) is 0 Å². The van der Waals surface area contributed by atoms with Gasteiger partial charge in [0.15, 0.2) is 0 Å². The number of likely N-dealkylation sites (tertiary alicyclic amines) is 1. The van der Waals surface area contributed by atoms with E-state index in [0.29, 0.717) is 0 Å². The van der Waals surface area contributed by atoms with Crippen LogP contribution < -0.4 is 5.32 Å². The number of ether oxygens (including phenoxy) is 1. The van der Waals surface area contributed by atoms with Crippen LogP contribution in [0.4, 0.5) is 0 Å². The van der Waals surface area contributed by atoms with Crippen LogP contribution in [0.2, 0.25) is 0 Å². The first-order valence-corrected chi connectivity index (χ1v) is 8.31. The molecule has 1 aliphatic heterocycles. The molecule has 3 unspecified atom stereocenters. The van der Waals surface area contributed by atoms with Crippen LogP contribution in [0, 0.1) is 5.92 Å². The molecule has 0 amide bonds. The van der Waals surface area contributed by atoms with Gasteiger partial charge in [0.25, 0.3) is 0 Å². The minimum atomic E-state index is -0.137. The quantitative estimate of drug-likeness (QED) is 0.727. The molecule has 4 nitrogen and oxygen atoms in total. The number of methoxy groups -OCH3 is 1. The number of nitrogens with one attached hydrogen (secondary N) is 1. The molecule has 2 aliphatic rings. The van der Waals surface area contributed by atoms with Crippen LogP contribution in [0.3, 0.4) is 0 Å². The molecule has 0 aromatic carbocycles. The summed E-state index contributed by atoms with van der Waals surface area (Å²) in [5.41, 5.74) is 0. The van der Waals surface area contributed by atoms with Crippen molar-refractivity contribution in [2.45, 2.75) is 64.0 Å². The third-order valence-electron chi connectivity index (χ3n) is 4.94. The van der Waals surface area contributed by atoms with Gasteiger partial charge in [0, 0.05) is 12.6 Å². The van der Waals surface area contributed by atoms with Crippen molar-refractivity contribution in [3.05, 3.63) is 0 Å². The van der Waals surface area contributed by atoms with Gasteiger partial charge in [0.1, 0.15) is 6.04 Å². The normalized spacial score (nSPS) is 28.1. The summed E-state index contributed by atoms with van der Waals surface area (Å²) in [7, 11) is 1.48. The Morgan fingerprint density at radius 3 is 2.90 bits per heavy atom. The lowest BCUT2D eigenvalue weighted by Gasteiger charge is -2.38. The predicted molar refractivity (Wildman–Crippen MR) is 80.7 cm³/mol. The molecule has 2 fully saturated rings. The summed E-state index contributed by atoms with van der Waals surface area (Å²) in [4.78, 5) is 14.4. The molecule has 0 spiro atoms. The Morgan fingerprint density at radius 1 is 1.35 bits per heavy atom. The van der Waals surface area contributed by atoms with E-state index in [9.17, 15) is 4.79 Å². The summed E-state index contributed by atoms with van der Waals surface area (Å²) >= 11 is 0. The van der Waals surface area contributed by atoms with Crippen molar-refractivity contribution in [3.63, 3.8) is 0 Å². The van der Waals surface area contributed by atoms with Crippen molar-refractivity contribution >= 4 is 5.97 Å². The van der Waals surface area contributed by atoms with Crippen LogP contribution in [0.25, 0.3) is 0 Å².